The highest BCUT2D eigenvalue weighted by Crippen LogP contribution is 2.05. The highest BCUT2D eigenvalue weighted by atomic mass is 16.6. The summed E-state index contributed by atoms with van der Waals surface area (Å²) >= 11 is 0. The number of nitrogens with one attached hydrogen (secondary N) is 3. The fraction of sp³-hybridized carbons (Fsp3) is 0.667. The van der Waals surface area contributed by atoms with E-state index in [9.17, 15) is 9.59 Å². The van der Waals surface area contributed by atoms with Gasteiger partial charge in [-0.1, -0.05) is 13.8 Å². The molecular weight excluding hydrogens is 284 g/mol. The predicted octanol–water partition coefficient (Wildman–Crippen LogP) is 1.28. The van der Waals surface area contributed by atoms with E-state index < -0.39 is 17.6 Å². The van der Waals surface area contributed by atoms with Gasteiger partial charge in [-0.3, -0.25) is 4.79 Å². The Morgan fingerprint density at radius 2 is 1.86 bits per heavy atom. The van der Waals surface area contributed by atoms with E-state index in [0.717, 1.165) is 0 Å². The molecule has 7 heteroatoms. The van der Waals surface area contributed by atoms with Crippen molar-refractivity contribution in [1.29, 1.82) is 5.26 Å². The molecule has 0 aromatic rings. The summed E-state index contributed by atoms with van der Waals surface area (Å²) in [5.41, 5.74) is -0.544. The van der Waals surface area contributed by atoms with Crippen molar-refractivity contribution in [3.8, 4) is 6.07 Å². The number of nitrogens with zero attached hydrogens (tertiary/aromatic N) is 1. The average Bonchev–Trinajstić information content (AvgIpc) is 2.38. The lowest BCUT2D eigenvalue weighted by molar-refractivity contribution is -0.117. The predicted molar refractivity (Wildman–Crippen MR) is 83.8 cm³/mol. The zero-order chi connectivity index (χ0) is 17.2. The van der Waals surface area contributed by atoms with Crippen LogP contribution in [0, 0.1) is 17.2 Å². The van der Waals surface area contributed by atoms with Crippen molar-refractivity contribution in [2.24, 2.45) is 5.92 Å². The van der Waals surface area contributed by atoms with Crippen LogP contribution >= 0.6 is 0 Å². The Hall–Kier alpha value is -2.23. The van der Waals surface area contributed by atoms with Crippen molar-refractivity contribution in [3.63, 3.8) is 0 Å². The maximum atomic E-state index is 11.7. The van der Waals surface area contributed by atoms with Crippen LogP contribution < -0.4 is 16.0 Å². The molecule has 0 aromatic heterocycles. The van der Waals surface area contributed by atoms with Gasteiger partial charge in [0.15, 0.2) is 0 Å². The van der Waals surface area contributed by atoms with E-state index in [1.54, 1.807) is 20.8 Å². The van der Waals surface area contributed by atoms with Crippen molar-refractivity contribution in [3.05, 3.63) is 11.8 Å². The fourth-order valence-corrected chi connectivity index (χ4v) is 1.27. The molecule has 0 heterocycles. The molecule has 124 valence electrons. The number of rotatable bonds is 7. The largest absolute Gasteiger partial charge is 0.444 e. The molecule has 7 nitrogen and oxygen atoms in total. The number of amides is 2. The molecule has 2 amide bonds. The van der Waals surface area contributed by atoms with Crippen LogP contribution in [0.3, 0.4) is 0 Å². The molecule has 0 spiro atoms. The number of carbonyl (C=O) groups is 2. The van der Waals surface area contributed by atoms with Gasteiger partial charge in [0.1, 0.15) is 17.2 Å². The van der Waals surface area contributed by atoms with Crippen LogP contribution in [0.2, 0.25) is 0 Å². The van der Waals surface area contributed by atoms with Crippen LogP contribution in [-0.2, 0) is 9.53 Å². The Bertz CT molecular complexity index is 445. The first-order valence-electron chi connectivity index (χ1n) is 7.24. The van der Waals surface area contributed by atoms with Gasteiger partial charge < -0.3 is 20.7 Å². The van der Waals surface area contributed by atoms with Gasteiger partial charge >= 0.3 is 6.09 Å². The minimum atomic E-state index is -0.542. The van der Waals surface area contributed by atoms with Gasteiger partial charge in [0.05, 0.1) is 0 Å². The number of carbonyl (C=O) groups excluding carboxylic acids is 2. The molecule has 0 radical (unpaired) electrons. The Morgan fingerprint density at radius 1 is 1.23 bits per heavy atom. The molecule has 0 bridgehead atoms. The summed E-state index contributed by atoms with van der Waals surface area (Å²) in [6.07, 6.45) is 0.834. The molecular formula is C15H26N4O3. The first kappa shape index (κ1) is 19.8. The van der Waals surface area contributed by atoms with Crippen LogP contribution in [0.25, 0.3) is 0 Å². The summed E-state index contributed by atoms with van der Waals surface area (Å²) in [5.74, 6) is -0.0984. The normalized spacial score (nSPS) is 11.6. The monoisotopic (exact) mass is 310 g/mol. The summed E-state index contributed by atoms with van der Waals surface area (Å²) < 4.78 is 5.07. The van der Waals surface area contributed by atoms with E-state index in [-0.39, 0.29) is 5.57 Å². The van der Waals surface area contributed by atoms with Crippen LogP contribution in [0.15, 0.2) is 11.8 Å². The summed E-state index contributed by atoms with van der Waals surface area (Å²) in [4.78, 5) is 23.1. The molecule has 0 atom stereocenters. The van der Waals surface area contributed by atoms with Gasteiger partial charge in [-0.2, -0.15) is 5.26 Å². The highest BCUT2D eigenvalue weighted by Gasteiger charge is 2.15. The molecule has 3 N–H and O–H groups in total. The smallest absolute Gasteiger partial charge is 0.407 e. The zero-order valence-electron chi connectivity index (χ0n) is 13.9. The summed E-state index contributed by atoms with van der Waals surface area (Å²) in [5, 5.41) is 17.0. The second-order valence-electron chi connectivity index (χ2n) is 6.16. The lowest BCUT2D eigenvalue weighted by Gasteiger charge is -2.19. The molecule has 0 aliphatic heterocycles. The lowest BCUT2D eigenvalue weighted by atomic mass is 10.2. The summed E-state index contributed by atoms with van der Waals surface area (Å²) in [6, 6.07) is 1.83. The van der Waals surface area contributed by atoms with Crippen LogP contribution in [-0.4, -0.2) is 37.2 Å². The SMILES string of the molecule is CC(C)CNC(=O)/C(C#N)=C\NCCNC(=O)OC(C)(C)C. The summed E-state index contributed by atoms with van der Waals surface area (Å²) in [6.45, 7) is 10.5. The molecule has 0 unspecified atom stereocenters. The number of hydrogen-bond acceptors (Lipinski definition) is 5. The third kappa shape index (κ3) is 10.5. The van der Waals surface area contributed by atoms with Gasteiger partial charge in [-0.05, 0) is 26.7 Å². The summed E-state index contributed by atoms with van der Waals surface area (Å²) in [7, 11) is 0. The van der Waals surface area contributed by atoms with E-state index in [2.05, 4.69) is 16.0 Å². The molecule has 0 aliphatic carbocycles. The van der Waals surface area contributed by atoms with Crippen molar-refractivity contribution in [1.82, 2.24) is 16.0 Å². The highest BCUT2D eigenvalue weighted by molar-refractivity contribution is 5.97. The van der Waals surface area contributed by atoms with E-state index in [1.807, 2.05) is 19.9 Å². The average molecular weight is 310 g/mol. The topological polar surface area (TPSA) is 103 Å². The standard InChI is InChI=1S/C15H26N4O3/c1-11(2)9-19-13(20)12(8-16)10-17-6-7-18-14(21)22-15(3,4)5/h10-11,17H,6-7,9H2,1-5H3,(H,18,21)(H,19,20)/b12-10-. The maximum absolute atomic E-state index is 11.7. The Balaban J connectivity index is 4.06. The van der Waals surface area contributed by atoms with E-state index >= 15 is 0 Å². The number of nitriles is 1. The number of ether oxygens (including phenoxy) is 1. The molecule has 0 aromatic carbocycles. The maximum Gasteiger partial charge on any atom is 0.407 e. The number of alkyl carbamates (subject to hydrolysis) is 1. The Labute approximate surface area is 132 Å². The number of hydrogen-bond donors (Lipinski definition) is 3. The lowest BCUT2D eigenvalue weighted by Crippen LogP contribution is -2.36. The molecule has 0 aliphatic rings. The third-order valence-corrected chi connectivity index (χ3v) is 2.22. The second-order valence-corrected chi connectivity index (χ2v) is 6.16. The van der Waals surface area contributed by atoms with Gasteiger partial charge in [-0.25, -0.2) is 4.79 Å². The molecule has 0 saturated heterocycles. The molecule has 0 rings (SSSR count). The van der Waals surface area contributed by atoms with Gasteiger partial charge in [0.25, 0.3) is 5.91 Å². The van der Waals surface area contributed by atoms with Crippen molar-refractivity contribution in [2.45, 2.75) is 40.2 Å². The quantitative estimate of drug-likeness (QED) is 0.373. The first-order chi connectivity index (χ1) is 10.2. The molecule has 0 saturated carbocycles. The third-order valence-electron chi connectivity index (χ3n) is 2.22. The minimum absolute atomic E-state index is 0.00193. The molecule has 22 heavy (non-hydrogen) atoms. The van der Waals surface area contributed by atoms with E-state index in [4.69, 9.17) is 10.00 Å². The van der Waals surface area contributed by atoms with Crippen molar-refractivity contribution < 1.29 is 14.3 Å². The minimum Gasteiger partial charge on any atom is -0.444 e. The van der Waals surface area contributed by atoms with E-state index in [1.165, 1.54) is 6.20 Å². The van der Waals surface area contributed by atoms with E-state index in [0.29, 0.717) is 25.6 Å². The zero-order valence-corrected chi connectivity index (χ0v) is 13.9. The molecule has 0 fully saturated rings. The van der Waals surface area contributed by atoms with Crippen LogP contribution in [0.5, 0.6) is 0 Å². The van der Waals surface area contributed by atoms with Crippen molar-refractivity contribution >= 4 is 12.0 Å². The van der Waals surface area contributed by atoms with Crippen molar-refractivity contribution in [2.75, 3.05) is 19.6 Å². The second kappa shape index (κ2) is 9.66. The van der Waals surface area contributed by atoms with Crippen LogP contribution in [0.1, 0.15) is 34.6 Å². The Morgan fingerprint density at radius 3 is 2.36 bits per heavy atom. The van der Waals surface area contributed by atoms with Gasteiger partial charge in [-0.15, -0.1) is 0 Å². The first-order valence-corrected chi connectivity index (χ1v) is 7.24. The van der Waals surface area contributed by atoms with Gasteiger partial charge in [0, 0.05) is 25.8 Å². The Kier molecular flexibility index (Phi) is 8.68. The fourth-order valence-electron chi connectivity index (χ4n) is 1.27. The van der Waals surface area contributed by atoms with Crippen LogP contribution in [0.4, 0.5) is 4.79 Å². The van der Waals surface area contributed by atoms with Gasteiger partial charge in [0.2, 0.25) is 0 Å².